The SMILES string of the molecule is COc1ccc2c(c1)C(CN1CCCC1)N(C(=O)Cc1ccc(Cl)c(Cl)c1)CC2.Cl. The van der Waals surface area contributed by atoms with E-state index in [2.05, 4.69) is 17.0 Å². The first-order chi connectivity index (χ1) is 14.0. The second-order valence-electron chi connectivity index (χ2n) is 7.85. The number of likely N-dealkylation sites (tertiary alicyclic amines) is 1. The number of benzene rings is 2. The van der Waals surface area contributed by atoms with Crippen LogP contribution in [0.15, 0.2) is 36.4 Å². The molecule has 0 bridgehead atoms. The number of hydrogen-bond donors (Lipinski definition) is 0. The molecule has 1 saturated heterocycles. The highest BCUT2D eigenvalue weighted by Gasteiger charge is 2.33. The van der Waals surface area contributed by atoms with Crippen molar-refractivity contribution < 1.29 is 9.53 Å². The molecule has 2 heterocycles. The fourth-order valence-corrected chi connectivity index (χ4v) is 4.75. The Bertz CT molecular complexity index is 900. The van der Waals surface area contributed by atoms with Gasteiger partial charge in [-0.1, -0.05) is 35.3 Å². The molecule has 2 aliphatic rings. The molecule has 30 heavy (non-hydrogen) atoms. The Balaban J connectivity index is 0.00000256. The molecule has 2 aromatic carbocycles. The molecule has 2 aromatic rings. The zero-order valence-corrected chi connectivity index (χ0v) is 19.4. The number of fused-ring (bicyclic) bond motifs is 1. The first-order valence-electron chi connectivity index (χ1n) is 10.2. The molecule has 0 aromatic heterocycles. The third-order valence-corrected chi connectivity index (χ3v) is 6.74. The van der Waals surface area contributed by atoms with Gasteiger partial charge in [-0.25, -0.2) is 0 Å². The number of hydrogen-bond acceptors (Lipinski definition) is 3. The Kier molecular flexibility index (Phi) is 7.92. The van der Waals surface area contributed by atoms with Gasteiger partial charge in [0.25, 0.3) is 0 Å². The molecule has 0 spiro atoms. The highest BCUT2D eigenvalue weighted by Crippen LogP contribution is 2.34. The van der Waals surface area contributed by atoms with Crippen LogP contribution in [-0.2, 0) is 17.6 Å². The molecule has 1 fully saturated rings. The number of rotatable bonds is 5. The van der Waals surface area contributed by atoms with Crippen LogP contribution >= 0.6 is 35.6 Å². The van der Waals surface area contributed by atoms with E-state index < -0.39 is 0 Å². The van der Waals surface area contributed by atoms with Gasteiger partial charge in [0.05, 0.1) is 29.6 Å². The zero-order chi connectivity index (χ0) is 20.4. The van der Waals surface area contributed by atoms with Crippen LogP contribution in [-0.4, -0.2) is 49.0 Å². The van der Waals surface area contributed by atoms with Crippen LogP contribution in [0, 0.1) is 0 Å². The fourth-order valence-electron chi connectivity index (χ4n) is 4.43. The summed E-state index contributed by atoms with van der Waals surface area (Å²) >= 11 is 12.2. The third-order valence-electron chi connectivity index (χ3n) is 6.00. The summed E-state index contributed by atoms with van der Waals surface area (Å²) in [7, 11) is 1.69. The Hall–Kier alpha value is -1.46. The van der Waals surface area contributed by atoms with Crippen molar-refractivity contribution in [2.75, 3.05) is 33.3 Å². The van der Waals surface area contributed by atoms with Crippen molar-refractivity contribution in [2.24, 2.45) is 0 Å². The van der Waals surface area contributed by atoms with Crippen LogP contribution in [0.5, 0.6) is 5.75 Å². The maximum atomic E-state index is 13.3. The van der Waals surface area contributed by atoms with E-state index in [1.807, 2.05) is 17.0 Å². The zero-order valence-electron chi connectivity index (χ0n) is 17.1. The number of halogens is 3. The Morgan fingerprint density at radius 2 is 1.83 bits per heavy atom. The molecule has 0 radical (unpaired) electrons. The van der Waals surface area contributed by atoms with Crippen LogP contribution in [0.25, 0.3) is 0 Å². The molecule has 0 saturated carbocycles. The summed E-state index contributed by atoms with van der Waals surface area (Å²) in [6.45, 7) is 3.81. The number of methoxy groups -OCH3 is 1. The molecule has 2 aliphatic heterocycles. The van der Waals surface area contributed by atoms with E-state index in [1.165, 1.54) is 24.0 Å². The van der Waals surface area contributed by atoms with Crippen molar-refractivity contribution in [2.45, 2.75) is 31.7 Å². The molecular formula is C23H27Cl3N2O2. The van der Waals surface area contributed by atoms with E-state index >= 15 is 0 Å². The van der Waals surface area contributed by atoms with Gasteiger partial charge in [0, 0.05) is 13.1 Å². The Labute approximate surface area is 194 Å². The van der Waals surface area contributed by atoms with Crippen molar-refractivity contribution >= 4 is 41.5 Å². The summed E-state index contributed by atoms with van der Waals surface area (Å²) in [6, 6.07) is 11.7. The Morgan fingerprint density at radius 1 is 1.07 bits per heavy atom. The van der Waals surface area contributed by atoms with Gasteiger partial charge in [-0.15, -0.1) is 12.4 Å². The summed E-state index contributed by atoms with van der Waals surface area (Å²) in [5, 5.41) is 0.994. The van der Waals surface area contributed by atoms with Crippen LogP contribution in [0.2, 0.25) is 10.0 Å². The van der Waals surface area contributed by atoms with Gasteiger partial charge in [-0.2, -0.15) is 0 Å². The number of carbonyl (C=O) groups excluding carboxylic acids is 1. The standard InChI is InChI=1S/C23H26Cl2N2O2.ClH/c1-29-18-6-5-17-8-11-27(22(19(17)14-18)15-26-9-2-3-10-26)23(28)13-16-4-7-20(24)21(25)12-16;/h4-7,12,14,22H,2-3,8-11,13,15H2,1H3;1H. The fraction of sp³-hybridized carbons (Fsp3) is 0.435. The molecular weight excluding hydrogens is 443 g/mol. The quantitative estimate of drug-likeness (QED) is 0.604. The van der Waals surface area contributed by atoms with E-state index in [0.29, 0.717) is 16.5 Å². The maximum absolute atomic E-state index is 13.3. The molecule has 4 rings (SSSR count). The van der Waals surface area contributed by atoms with Crippen molar-refractivity contribution in [1.82, 2.24) is 9.80 Å². The van der Waals surface area contributed by atoms with Gasteiger partial charge in [0.1, 0.15) is 5.75 Å². The largest absolute Gasteiger partial charge is 0.497 e. The molecule has 162 valence electrons. The summed E-state index contributed by atoms with van der Waals surface area (Å²) in [5.74, 6) is 0.968. The van der Waals surface area contributed by atoms with Gasteiger partial charge in [0.2, 0.25) is 5.91 Å². The van der Waals surface area contributed by atoms with Gasteiger partial charge in [0.15, 0.2) is 0 Å². The van der Waals surface area contributed by atoms with E-state index in [0.717, 1.165) is 43.9 Å². The van der Waals surface area contributed by atoms with Gasteiger partial charge >= 0.3 is 0 Å². The molecule has 1 atom stereocenters. The van der Waals surface area contributed by atoms with Crippen LogP contribution in [0.1, 0.15) is 35.6 Å². The summed E-state index contributed by atoms with van der Waals surface area (Å²) in [4.78, 5) is 17.8. The highest BCUT2D eigenvalue weighted by molar-refractivity contribution is 6.42. The lowest BCUT2D eigenvalue weighted by Crippen LogP contribution is -2.45. The summed E-state index contributed by atoms with van der Waals surface area (Å²) in [5.41, 5.74) is 3.42. The van der Waals surface area contributed by atoms with Gasteiger partial charge in [-0.3, -0.25) is 4.79 Å². The average molecular weight is 470 g/mol. The minimum Gasteiger partial charge on any atom is -0.497 e. The summed E-state index contributed by atoms with van der Waals surface area (Å²) in [6.07, 6.45) is 3.65. The smallest absolute Gasteiger partial charge is 0.227 e. The maximum Gasteiger partial charge on any atom is 0.227 e. The molecule has 0 N–H and O–H groups in total. The van der Waals surface area contributed by atoms with Crippen molar-refractivity contribution in [1.29, 1.82) is 0 Å². The summed E-state index contributed by atoms with van der Waals surface area (Å²) < 4.78 is 5.47. The highest BCUT2D eigenvalue weighted by atomic mass is 35.5. The van der Waals surface area contributed by atoms with Gasteiger partial charge in [-0.05, 0) is 73.3 Å². The second-order valence-corrected chi connectivity index (χ2v) is 8.67. The molecule has 1 unspecified atom stereocenters. The molecule has 7 heteroatoms. The first-order valence-corrected chi connectivity index (χ1v) is 10.9. The number of ether oxygens (including phenoxy) is 1. The first kappa shape index (κ1) is 23.2. The number of amides is 1. The number of carbonyl (C=O) groups is 1. The van der Waals surface area contributed by atoms with Crippen molar-refractivity contribution in [3.63, 3.8) is 0 Å². The normalized spacial score (nSPS) is 18.6. The number of nitrogens with zero attached hydrogens (tertiary/aromatic N) is 2. The average Bonchev–Trinajstić information content (AvgIpc) is 3.23. The molecule has 0 aliphatic carbocycles. The monoisotopic (exact) mass is 468 g/mol. The predicted molar refractivity (Wildman–Crippen MR) is 124 cm³/mol. The van der Waals surface area contributed by atoms with E-state index in [9.17, 15) is 4.79 Å². The lowest BCUT2D eigenvalue weighted by Gasteiger charge is -2.39. The van der Waals surface area contributed by atoms with Crippen LogP contribution in [0.3, 0.4) is 0 Å². The molecule has 4 nitrogen and oxygen atoms in total. The minimum absolute atomic E-state index is 0. The lowest BCUT2D eigenvalue weighted by atomic mass is 9.91. The topological polar surface area (TPSA) is 32.8 Å². The predicted octanol–water partition coefficient (Wildman–Crippen LogP) is 5.19. The van der Waals surface area contributed by atoms with E-state index in [1.54, 1.807) is 19.2 Å². The minimum atomic E-state index is 0. The van der Waals surface area contributed by atoms with Crippen molar-refractivity contribution in [3.8, 4) is 5.75 Å². The van der Waals surface area contributed by atoms with E-state index in [4.69, 9.17) is 27.9 Å². The third kappa shape index (κ3) is 5.05. The van der Waals surface area contributed by atoms with Crippen LogP contribution < -0.4 is 4.74 Å². The Morgan fingerprint density at radius 3 is 2.53 bits per heavy atom. The molecule has 1 amide bonds. The van der Waals surface area contributed by atoms with Crippen molar-refractivity contribution in [3.05, 3.63) is 63.1 Å². The van der Waals surface area contributed by atoms with E-state index in [-0.39, 0.29) is 24.4 Å². The van der Waals surface area contributed by atoms with Crippen LogP contribution in [0.4, 0.5) is 0 Å². The lowest BCUT2D eigenvalue weighted by molar-refractivity contribution is -0.133. The van der Waals surface area contributed by atoms with Gasteiger partial charge < -0.3 is 14.5 Å². The second kappa shape index (κ2) is 10.2.